The van der Waals surface area contributed by atoms with Gasteiger partial charge in [-0.2, -0.15) is 13.2 Å². The van der Waals surface area contributed by atoms with E-state index in [1.165, 1.54) is 0 Å². The maximum Gasteiger partial charge on any atom is 0.433 e. The number of morpholine rings is 1. The summed E-state index contributed by atoms with van der Waals surface area (Å²) >= 11 is 0. The molecule has 5 nitrogen and oxygen atoms in total. The number of anilines is 1. The highest BCUT2D eigenvalue weighted by molar-refractivity contribution is 5.31. The van der Waals surface area contributed by atoms with Crippen LogP contribution in [-0.2, 0) is 10.9 Å². The molecule has 1 aliphatic heterocycles. The second kappa shape index (κ2) is 5.70. The number of hydrogen-bond donors (Lipinski definition) is 1. The summed E-state index contributed by atoms with van der Waals surface area (Å²) < 4.78 is 43.1. The molecule has 19 heavy (non-hydrogen) atoms. The van der Waals surface area contributed by atoms with E-state index in [1.807, 2.05) is 0 Å². The van der Waals surface area contributed by atoms with Crippen molar-refractivity contribution in [2.75, 3.05) is 31.2 Å². The summed E-state index contributed by atoms with van der Waals surface area (Å²) in [6.07, 6.45) is -3.15. The van der Waals surface area contributed by atoms with Crippen molar-refractivity contribution >= 4 is 5.95 Å². The Morgan fingerprint density at radius 2 is 2.26 bits per heavy atom. The molecule has 1 unspecified atom stereocenters. The molecule has 1 N–H and O–H groups in total. The Morgan fingerprint density at radius 3 is 2.95 bits per heavy atom. The number of nitrogens with zero attached hydrogens (tertiary/aromatic N) is 3. The Kier molecular flexibility index (Phi) is 4.20. The molecule has 1 saturated heterocycles. The van der Waals surface area contributed by atoms with Gasteiger partial charge in [-0.1, -0.05) is 0 Å². The predicted molar refractivity (Wildman–Crippen MR) is 60.7 cm³/mol. The summed E-state index contributed by atoms with van der Waals surface area (Å²) in [5.41, 5.74) is -0.956. The summed E-state index contributed by atoms with van der Waals surface area (Å²) in [7, 11) is 0. The normalized spacial score (nSPS) is 20.6. The van der Waals surface area contributed by atoms with Crippen LogP contribution in [0.3, 0.4) is 0 Å². The van der Waals surface area contributed by atoms with E-state index >= 15 is 0 Å². The topological polar surface area (TPSA) is 58.5 Å². The van der Waals surface area contributed by atoms with E-state index in [2.05, 4.69) is 9.97 Å². The number of hydrogen-bond acceptors (Lipinski definition) is 5. The van der Waals surface area contributed by atoms with Gasteiger partial charge in [-0.25, -0.2) is 9.97 Å². The van der Waals surface area contributed by atoms with Gasteiger partial charge in [0.1, 0.15) is 5.69 Å². The van der Waals surface area contributed by atoms with E-state index in [4.69, 9.17) is 9.84 Å². The molecule has 1 aromatic heterocycles. The van der Waals surface area contributed by atoms with Gasteiger partial charge in [-0.05, 0) is 12.5 Å². The average molecular weight is 277 g/mol. The van der Waals surface area contributed by atoms with Crippen LogP contribution in [-0.4, -0.2) is 47.5 Å². The van der Waals surface area contributed by atoms with Gasteiger partial charge < -0.3 is 14.7 Å². The number of aliphatic hydroxyl groups is 1. The van der Waals surface area contributed by atoms with Crippen molar-refractivity contribution in [2.24, 2.45) is 0 Å². The van der Waals surface area contributed by atoms with Gasteiger partial charge in [-0.3, -0.25) is 0 Å². The van der Waals surface area contributed by atoms with Gasteiger partial charge in [0.15, 0.2) is 0 Å². The van der Waals surface area contributed by atoms with E-state index in [0.29, 0.717) is 26.1 Å². The molecular weight excluding hydrogens is 263 g/mol. The van der Waals surface area contributed by atoms with Crippen molar-refractivity contribution in [1.29, 1.82) is 0 Å². The molecule has 1 aliphatic rings. The Balaban J connectivity index is 2.13. The first-order valence-electron chi connectivity index (χ1n) is 5.88. The highest BCUT2D eigenvalue weighted by Gasteiger charge is 2.33. The molecule has 0 amide bonds. The van der Waals surface area contributed by atoms with E-state index in [0.717, 1.165) is 12.3 Å². The lowest BCUT2D eigenvalue weighted by Gasteiger charge is -2.32. The number of ether oxygens (including phenoxy) is 1. The van der Waals surface area contributed by atoms with Gasteiger partial charge in [-0.15, -0.1) is 0 Å². The first-order valence-corrected chi connectivity index (χ1v) is 5.88. The Labute approximate surface area is 108 Å². The lowest BCUT2D eigenvalue weighted by atomic mass is 10.2. The molecule has 8 heteroatoms. The van der Waals surface area contributed by atoms with Crippen molar-refractivity contribution in [1.82, 2.24) is 9.97 Å². The molecule has 0 aliphatic carbocycles. The summed E-state index contributed by atoms with van der Waals surface area (Å²) in [4.78, 5) is 9.04. The van der Waals surface area contributed by atoms with Crippen LogP contribution in [0.15, 0.2) is 12.3 Å². The minimum Gasteiger partial charge on any atom is -0.396 e. The van der Waals surface area contributed by atoms with Crippen LogP contribution in [0.4, 0.5) is 19.1 Å². The van der Waals surface area contributed by atoms with Crippen molar-refractivity contribution in [3.8, 4) is 0 Å². The van der Waals surface area contributed by atoms with Gasteiger partial charge in [0.2, 0.25) is 5.95 Å². The Hall–Kier alpha value is -1.41. The number of halogens is 3. The van der Waals surface area contributed by atoms with Crippen molar-refractivity contribution in [2.45, 2.75) is 18.7 Å². The van der Waals surface area contributed by atoms with E-state index in [-0.39, 0.29) is 18.7 Å². The summed E-state index contributed by atoms with van der Waals surface area (Å²) in [5, 5.41) is 8.85. The van der Waals surface area contributed by atoms with Crippen LogP contribution in [0.1, 0.15) is 12.1 Å². The minimum atomic E-state index is -4.48. The minimum absolute atomic E-state index is 0.0258. The lowest BCUT2D eigenvalue weighted by molar-refractivity contribution is -0.141. The summed E-state index contributed by atoms with van der Waals surface area (Å²) in [6.45, 7) is 1.16. The van der Waals surface area contributed by atoms with Gasteiger partial charge >= 0.3 is 6.18 Å². The second-order valence-corrected chi connectivity index (χ2v) is 4.19. The highest BCUT2D eigenvalue weighted by Crippen LogP contribution is 2.28. The maximum absolute atomic E-state index is 12.6. The van der Waals surface area contributed by atoms with Gasteiger partial charge in [0.25, 0.3) is 0 Å². The van der Waals surface area contributed by atoms with Crippen molar-refractivity contribution < 1.29 is 23.0 Å². The molecule has 1 atom stereocenters. The third kappa shape index (κ3) is 3.54. The molecule has 0 aromatic carbocycles. The highest BCUT2D eigenvalue weighted by atomic mass is 19.4. The third-order valence-corrected chi connectivity index (χ3v) is 2.81. The zero-order valence-corrected chi connectivity index (χ0v) is 10.1. The van der Waals surface area contributed by atoms with Crippen LogP contribution >= 0.6 is 0 Å². The number of alkyl halides is 3. The van der Waals surface area contributed by atoms with Gasteiger partial charge in [0.05, 0.1) is 12.7 Å². The van der Waals surface area contributed by atoms with Crippen molar-refractivity contribution in [3.05, 3.63) is 18.0 Å². The number of aliphatic hydroxyl groups excluding tert-OH is 1. The first-order chi connectivity index (χ1) is 9.00. The predicted octanol–water partition coefficient (Wildman–Crippen LogP) is 1.08. The molecule has 0 saturated carbocycles. The fourth-order valence-electron chi connectivity index (χ4n) is 1.88. The summed E-state index contributed by atoms with van der Waals surface area (Å²) in [6, 6.07) is 0.842. The number of rotatable bonds is 3. The molecule has 0 radical (unpaired) electrons. The molecule has 0 bridgehead atoms. The molecule has 106 valence electrons. The molecule has 0 spiro atoms. The lowest BCUT2D eigenvalue weighted by Crippen LogP contribution is -2.43. The molecular formula is C11H14F3N3O2. The largest absolute Gasteiger partial charge is 0.433 e. The Bertz CT molecular complexity index is 426. The second-order valence-electron chi connectivity index (χ2n) is 4.19. The standard InChI is InChI=1S/C11H14F3N3O2/c12-11(13,14)9-1-3-15-10(16-9)17-4-6-19-8(7-17)2-5-18/h1,3,8,18H,2,4-7H2. The smallest absolute Gasteiger partial charge is 0.396 e. The Morgan fingerprint density at radius 1 is 1.47 bits per heavy atom. The SMILES string of the molecule is OCCC1CN(c2nccc(C(F)(F)F)n2)CCO1. The third-order valence-electron chi connectivity index (χ3n) is 2.81. The maximum atomic E-state index is 12.6. The number of aromatic nitrogens is 2. The zero-order chi connectivity index (χ0) is 13.9. The van der Waals surface area contributed by atoms with Crippen molar-refractivity contribution in [3.63, 3.8) is 0 Å². The van der Waals surface area contributed by atoms with E-state index in [1.54, 1.807) is 4.90 Å². The molecule has 2 rings (SSSR count). The quantitative estimate of drug-likeness (QED) is 0.896. The zero-order valence-electron chi connectivity index (χ0n) is 10.1. The van der Waals surface area contributed by atoms with Crippen LogP contribution in [0, 0.1) is 0 Å². The van der Waals surface area contributed by atoms with Crippen LogP contribution < -0.4 is 4.90 Å². The molecule has 1 fully saturated rings. The van der Waals surface area contributed by atoms with Crippen LogP contribution in [0.2, 0.25) is 0 Å². The molecule has 2 heterocycles. The van der Waals surface area contributed by atoms with E-state index in [9.17, 15) is 13.2 Å². The fraction of sp³-hybridized carbons (Fsp3) is 0.636. The fourth-order valence-corrected chi connectivity index (χ4v) is 1.88. The average Bonchev–Trinajstić information content (AvgIpc) is 2.39. The van der Waals surface area contributed by atoms with Gasteiger partial charge in [0, 0.05) is 25.9 Å². The molecule has 1 aromatic rings. The van der Waals surface area contributed by atoms with E-state index < -0.39 is 11.9 Å². The van der Waals surface area contributed by atoms with Crippen LogP contribution in [0.25, 0.3) is 0 Å². The first kappa shape index (κ1) is 14.0. The van der Waals surface area contributed by atoms with Crippen LogP contribution in [0.5, 0.6) is 0 Å². The monoisotopic (exact) mass is 277 g/mol. The summed E-state index contributed by atoms with van der Waals surface area (Å²) in [5.74, 6) is 0.0427.